The smallest absolute Gasteiger partial charge is 0.305 e. The second kappa shape index (κ2) is 5.79. The number of nitro benzene ring substituents is 1. The van der Waals surface area contributed by atoms with Gasteiger partial charge in [-0.15, -0.1) is 0 Å². The molecule has 2 heterocycles. The molecule has 1 saturated heterocycles. The molecule has 2 aromatic rings. The van der Waals surface area contributed by atoms with Gasteiger partial charge in [0, 0.05) is 29.1 Å². The summed E-state index contributed by atoms with van der Waals surface area (Å²) in [6.45, 7) is 2.81. The van der Waals surface area contributed by atoms with Crippen LogP contribution in [0.1, 0.15) is 17.7 Å². The van der Waals surface area contributed by atoms with Gasteiger partial charge >= 0.3 is 4.87 Å². The van der Waals surface area contributed by atoms with E-state index in [4.69, 9.17) is 0 Å². The van der Waals surface area contributed by atoms with Gasteiger partial charge in [0.1, 0.15) is 0 Å². The molecule has 0 saturated carbocycles. The predicted molar refractivity (Wildman–Crippen MR) is 81.5 cm³/mol. The van der Waals surface area contributed by atoms with E-state index in [2.05, 4.69) is 9.88 Å². The van der Waals surface area contributed by atoms with Gasteiger partial charge < -0.3 is 4.98 Å². The van der Waals surface area contributed by atoms with Crippen molar-refractivity contribution >= 4 is 17.0 Å². The third-order valence-electron chi connectivity index (χ3n) is 3.63. The highest BCUT2D eigenvalue weighted by molar-refractivity contribution is 7.09. The highest BCUT2D eigenvalue weighted by Crippen LogP contribution is 2.28. The normalized spacial score (nSPS) is 15.4. The number of benzene rings is 1. The average molecular weight is 305 g/mol. The summed E-state index contributed by atoms with van der Waals surface area (Å²) in [5.74, 6) is 0. The van der Waals surface area contributed by atoms with Crippen LogP contribution in [0.25, 0.3) is 11.3 Å². The number of aromatic nitrogens is 1. The summed E-state index contributed by atoms with van der Waals surface area (Å²) in [7, 11) is 0. The molecule has 0 atom stereocenters. The van der Waals surface area contributed by atoms with E-state index in [1.165, 1.54) is 36.3 Å². The predicted octanol–water partition coefficient (Wildman–Crippen LogP) is 2.61. The molecule has 0 unspecified atom stereocenters. The lowest BCUT2D eigenvalue weighted by molar-refractivity contribution is -0.384. The van der Waals surface area contributed by atoms with Crippen molar-refractivity contribution in [3.63, 3.8) is 0 Å². The van der Waals surface area contributed by atoms with Crippen molar-refractivity contribution in [2.24, 2.45) is 0 Å². The fourth-order valence-corrected chi connectivity index (χ4v) is 3.52. The Kier molecular flexibility index (Phi) is 3.85. The molecule has 3 rings (SSSR count). The summed E-state index contributed by atoms with van der Waals surface area (Å²) in [4.78, 5) is 28.1. The molecule has 0 amide bonds. The van der Waals surface area contributed by atoms with E-state index in [-0.39, 0.29) is 10.6 Å². The maximum absolute atomic E-state index is 11.7. The van der Waals surface area contributed by atoms with Crippen molar-refractivity contribution < 1.29 is 4.92 Å². The van der Waals surface area contributed by atoms with Gasteiger partial charge in [-0.2, -0.15) is 0 Å². The van der Waals surface area contributed by atoms with Gasteiger partial charge in [-0.25, -0.2) is 0 Å². The maximum atomic E-state index is 11.7. The SMILES string of the molecule is O=c1[nH]c(-c2cccc([N+](=O)[O-])c2)c(CN2CCCC2)s1. The molecule has 1 N–H and O–H groups in total. The number of nitrogens with zero attached hydrogens (tertiary/aromatic N) is 2. The molecule has 0 spiro atoms. The van der Waals surface area contributed by atoms with E-state index in [1.54, 1.807) is 12.1 Å². The molecule has 21 heavy (non-hydrogen) atoms. The number of thiazole rings is 1. The van der Waals surface area contributed by atoms with Crippen molar-refractivity contribution in [1.29, 1.82) is 0 Å². The molecule has 1 aromatic carbocycles. The molecule has 110 valence electrons. The fourth-order valence-electron chi connectivity index (χ4n) is 2.62. The zero-order chi connectivity index (χ0) is 14.8. The molecule has 1 fully saturated rings. The van der Waals surface area contributed by atoms with Gasteiger partial charge in [0.05, 0.1) is 10.6 Å². The minimum atomic E-state index is -0.423. The van der Waals surface area contributed by atoms with Crippen LogP contribution in [0, 0.1) is 10.1 Å². The summed E-state index contributed by atoms with van der Waals surface area (Å²) in [5, 5.41) is 10.9. The van der Waals surface area contributed by atoms with Gasteiger partial charge in [0.2, 0.25) is 0 Å². The number of nitrogens with one attached hydrogen (secondary N) is 1. The largest absolute Gasteiger partial charge is 0.312 e. The number of hydrogen-bond donors (Lipinski definition) is 1. The average Bonchev–Trinajstić information content (AvgIpc) is 3.09. The number of rotatable bonds is 4. The van der Waals surface area contributed by atoms with Gasteiger partial charge in [0.15, 0.2) is 0 Å². The van der Waals surface area contributed by atoms with Gasteiger partial charge in [-0.3, -0.25) is 19.8 Å². The minimum absolute atomic E-state index is 0.0340. The molecule has 1 aromatic heterocycles. The first-order chi connectivity index (χ1) is 10.1. The Morgan fingerprint density at radius 2 is 2.10 bits per heavy atom. The van der Waals surface area contributed by atoms with Crippen molar-refractivity contribution in [2.45, 2.75) is 19.4 Å². The lowest BCUT2D eigenvalue weighted by Gasteiger charge is -2.14. The quantitative estimate of drug-likeness (QED) is 0.695. The summed E-state index contributed by atoms with van der Waals surface area (Å²) in [5.41, 5.74) is 1.43. The van der Waals surface area contributed by atoms with Crippen molar-refractivity contribution in [2.75, 3.05) is 13.1 Å². The lowest BCUT2D eigenvalue weighted by atomic mass is 10.1. The van der Waals surface area contributed by atoms with E-state index in [0.29, 0.717) is 11.3 Å². The van der Waals surface area contributed by atoms with Crippen LogP contribution < -0.4 is 4.87 Å². The van der Waals surface area contributed by atoms with Gasteiger partial charge in [-0.1, -0.05) is 23.5 Å². The third-order valence-corrected chi connectivity index (χ3v) is 4.50. The first-order valence-electron chi connectivity index (χ1n) is 6.82. The van der Waals surface area contributed by atoms with Crippen LogP contribution in [0.4, 0.5) is 5.69 Å². The summed E-state index contributed by atoms with van der Waals surface area (Å²) in [6, 6.07) is 6.39. The highest BCUT2D eigenvalue weighted by atomic mass is 32.1. The Morgan fingerprint density at radius 1 is 1.33 bits per heavy atom. The Labute approximate surface area is 125 Å². The monoisotopic (exact) mass is 305 g/mol. The number of hydrogen-bond acceptors (Lipinski definition) is 5. The van der Waals surface area contributed by atoms with Crippen molar-refractivity contribution in [3.8, 4) is 11.3 Å². The first kappa shape index (κ1) is 14.0. The van der Waals surface area contributed by atoms with E-state index in [1.807, 2.05) is 0 Å². The van der Waals surface area contributed by atoms with Crippen molar-refractivity contribution in [3.05, 3.63) is 48.9 Å². The second-order valence-corrected chi connectivity index (χ2v) is 6.17. The Hall–Kier alpha value is -1.99. The molecular weight excluding hydrogens is 290 g/mol. The molecular formula is C14H15N3O3S. The lowest BCUT2D eigenvalue weighted by Crippen LogP contribution is -2.18. The topological polar surface area (TPSA) is 79.2 Å². The molecule has 0 radical (unpaired) electrons. The van der Waals surface area contributed by atoms with E-state index in [9.17, 15) is 14.9 Å². The minimum Gasteiger partial charge on any atom is -0.312 e. The summed E-state index contributed by atoms with van der Waals surface area (Å²) in [6.07, 6.45) is 2.37. The van der Waals surface area contributed by atoms with E-state index in [0.717, 1.165) is 24.5 Å². The van der Waals surface area contributed by atoms with Crippen LogP contribution >= 0.6 is 11.3 Å². The number of nitro groups is 1. The highest BCUT2D eigenvalue weighted by Gasteiger charge is 2.18. The fraction of sp³-hybridized carbons (Fsp3) is 0.357. The molecule has 6 nitrogen and oxygen atoms in total. The van der Waals surface area contributed by atoms with Crippen LogP contribution in [0.2, 0.25) is 0 Å². The van der Waals surface area contributed by atoms with Gasteiger partial charge in [-0.05, 0) is 25.9 Å². The molecule has 1 aliphatic heterocycles. The zero-order valence-electron chi connectivity index (χ0n) is 11.4. The number of likely N-dealkylation sites (tertiary alicyclic amines) is 1. The molecule has 7 heteroatoms. The van der Waals surface area contributed by atoms with Crippen LogP contribution in [0.15, 0.2) is 29.1 Å². The zero-order valence-corrected chi connectivity index (χ0v) is 12.2. The van der Waals surface area contributed by atoms with E-state index < -0.39 is 4.92 Å². The second-order valence-electron chi connectivity index (χ2n) is 5.10. The standard InChI is InChI=1S/C14H15N3O3S/c18-14-15-13(10-4-3-5-11(8-10)17(19)20)12(21-14)9-16-6-1-2-7-16/h3-5,8H,1-2,6-7,9H2,(H,15,18). The Balaban J connectivity index is 1.95. The first-order valence-corrected chi connectivity index (χ1v) is 7.64. The third kappa shape index (κ3) is 3.03. The Bertz CT molecular complexity index is 716. The number of H-pyrrole nitrogens is 1. The van der Waals surface area contributed by atoms with Crippen molar-refractivity contribution in [1.82, 2.24) is 9.88 Å². The van der Waals surface area contributed by atoms with Crippen LogP contribution in [0.5, 0.6) is 0 Å². The van der Waals surface area contributed by atoms with Gasteiger partial charge in [0.25, 0.3) is 5.69 Å². The molecule has 0 aliphatic carbocycles. The summed E-state index contributed by atoms with van der Waals surface area (Å²) < 4.78 is 0. The van der Waals surface area contributed by atoms with Crippen LogP contribution in [0.3, 0.4) is 0 Å². The maximum Gasteiger partial charge on any atom is 0.305 e. The van der Waals surface area contributed by atoms with Crippen LogP contribution in [-0.2, 0) is 6.54 Å². The number of non-ortho nitro benzene ring substituents is 1. The number of aromatic amines is 1. The Morgan fingerprint density at radius 3 is 2.81 bits per heavy atom. The van der Waals surface area contributed by atoms with E-state index >= 15 is 0 Å². The van der Waals surface area contributed by atoms with Crippen LogP contribution in [-0.4, -0.2) is 27.9 Å². The molecule has 1 aliphatic rings. The summed E-state index contributed by atoms with van der Waals surface area (Å²) >= 11 is 1.19. The molecule has 0 bridgehead atoms.